The Morgan fingerprint density at radius 2 is 1.71 bits per heavy atom. The average Bonchev–Trinajstić information content (AvgIpc) is 3.52. The number of aromatic nitrogens is 1. The van der Waals surface area contributed by atoms with Crippen molar-refractivity contribution in [1.29, 1.82) is 0 Å². The van der Waals surface area contributed by atoms with Crippen LogP contribution < -0.4 is 9.64 Å². The Morgan fingerprint density at radius 1 is 1.00 bits per heavy atom. The molecule has 5 rings (SSSR count). The second-order valence-electron chi connectivity index (χ2n) is 9.92. The molecule has 0 spiro atoms. The van der Waals surface area contributed by atoms with Crippen LogP contribution >= 0.6 is 11.3 Å². The first-order valence-electron chi connectivity index (χ1n) is 13.5. The van der Waals surface area contributed by atoms with Gasteiger partial charge in [-0.1, -0.05) is 72.9 Å². The summed E-state index contributed by atoms with van der Waals surface area (Å²) < 4.78 is 10.8. The zero-order chi connectivity index (χ0) is 30.0. The molecule has 214 valence electrons. The Hall–Kier alpha value is -4.76. The van der Waals surface area contributed by atoms with Gasteiger partial charge in [-0.3, -0.25) is 14.5 Å². The molecule has 9 heteroatoms. The number of carbonyl (C=O) groups is 3. The van der Waals surface area contributed by atoms with Crippen LogP contribution in [0, 0.1) is 13.8 Å². The highest BCUT2D eigenvalue weighted by molar-refractivity contribution is 7.17. The zero-order valence-electron chi connectivity index (χ0n) is 23.7. The van der Waals surface area contributed by atoms with Crippen LogP contribution in [0.4, 0.5) is 5.13 Å². The Morgan fingerprint density at radius 3 is 2.36 bits per heavy atom. The maximum Gasteiger partial charge on any atom is 0.350 e. The van der Waals surface area contributed by atoms with Gasteiger partial charge in [0, 0.05) is 5.56 Å². The number of thiazole rings is 1. The summed E-state index contributed by atoms with van der Waals surface area (Å²) >= 11 is 0.966. The molecular formula is C33H30N2O6S. The molecule has 0 aliphatic carbocycles. The van der Waals surface area contributed by atoms with Crippen LogP contribution in [0.5, 0.6) is 5.75 Å². The topological polar surface area (TPSA) is 106 Å². The molecule has 1 fully saturated rings. The first kappa shape index (κ1) is 28.8. The highest BCUT2D eigenvalue weighted by Crippen LogP contribution is 2.44. The highest BCUT2D eigenvalue weighted by atomic mass is 32.1. The maximum absolute atomic E-state index is 13.6. The van der Waals surface area contributed by atoms with Crippen LogP contribution in [0.2, 0.25) is 0 Å². The molecular weight excluding hydrogens is 552 g/mol. The number of anilines is 1. The normalized spacial score (nSPS) is 16.1. The molecule has 1 atom stereocenters. The average molecular weight is 583 g/mol. The van der Waals surface area contributed by atoms with Crippen molar-refractivity contribution in [1.82, 2.24) is 4.98 Å². The third kappa shape index (κ3) is 5.43. The molecule has 1 N–H and O–H groups in total. The molecule has 1 aliphatic heterocycles. The van der Waals surface area contributed by atoms with E-state index >= 15 is 0 Å². The van der Waals surface area contributed by atoms with E-state index < -0.39 is 23.7 Å². The van der Waals surface area contributed by atoms with E-state index in [1.165, 1.54) is 12.0 Å². The van der Waals surface area contributed by atoms with Crippen LogP contribution in [0.3, 0.4) is 0 Å². The monoisotopic (exact) mass is 582 g/mol. The number of amides is 1. The van der Waals surface area contributed by atoms with Crippen LogP contribution in [0.25, 0.3) is 5.76 Å². The highest BCUT2D eigenvalue weighted by Gasteiger charge is 2.48. The lowest BCUT2D eigenvalue weighted by molar-refractivity contribution is -0.132. The lowest BCUT2D eigenvalue weighted by atomic mass is 9.93. The summed E-state index contributed by atoms with van der Waals surface area (Å²) in [6, 6.07) is 21.5. The summed E-state index contributed by atoms with van der Waals surface area (Å²) in [5, 5.41) is 11.8. The number of ether oxygens (including phenoxy) is 2. The SMILES string of the molecule is CCc1ccc(C2C(=C(O)c3ccc(OCc4ccccc4)cc3C)C(=O)C(=O)N2c2nc(C)c(C(=O)OC)s2)cc1. The second kappa shape index (κ2) is 12.0. The van der Waals surface area contributed by atoms with Crippen LogP contribution in [-0.2, 0) is 27.4 Å². The van der Waals surface area contributed by atoms with Crippen molar-refractivity contribution < 1.29 is 29.0 Å². The fourth-order valence-corrected chi connectivity index (χ4v) is 5.94. The Bertz CT molecular complexity index is 1690. The summed E-state index contributed by atoms with van der Waals surface area (Å²) in [5.74, 6) is -1.95. The molecule has 4 aromatic rings. The van der Waals surface area contributed by atoms with Crippen molar-refractivity contribution in [3.8, 4) is 5.75 Å². The standard InChI is InChI=1S/C33H30N2O6S/c1-5-21-11-13-23(14-12-21)27-26(29(37)31(38)35(27)33-34-20(3)30(42-33)32(39)40-4)28(36)25-16-15-24(17-19(25)2)41-18-22-9-7-6-8-10-22/h6-17,27,36H,5,18H2,1-4H3. The molecule has 0 radical (unpaired) electrons. The molecule has 1 unspecified atom stereocenters. The molecule has 1 aliphatic rings. The van der Waals surface area contributed by atoms with Gasteiger partial charge in [-0.2, -0.15) is 0 Å². The summed E-state index contributed by atoms with van der Waals surface area (Å²) in [5.41, 5.74) is 4.12. The number of benzene rings is 3. The number of rotatable bonds is 8. The van der Waals surface area contributed by atoms with E-state index in [9.17, 15) is 19.5 Å². The number of hydrogen-bond acceptors (Lipinski definition) is 8. The minimum absolute atomic E-state index is 0.0576. The fraction of sp³-hybridized carbons (Fsp3) is 0.212. The molecule has 0 bridgehead atoms. The van der Waals surface area contributed by atoms with Gasteiger partial charge in [-0.05, 0) is 60.7 Å². The van der Waals surface area contributed by atoms with Crippen LogP contribution in [-0.4, -0.2) is 34.9 Å². The van der Waals surface area contributed by atoms with E-state index in [0.29, 0.717) is 34.7 Å². The number of ketones is 1. The van der Waals surface area contributed by atoms with Gasteiger partial charge < -0.3 is 14.6 Å². The number of Topliss-reactive ketones (excluding diaryl/α,β-unsaturated/α-hetero) is 1. The van der Waals surface area contributed by atoms with Gasteiger partial charge in [0.2, 0.25) is 0 Å². The molecule has 1 amide bonds. The third-order valence-corrected chi connectivity index (χ3v) is 8.35. The van der Waals surface area contributed by atoms with Gasteiger partial charge in [-0.25, -0.2) is 9.78 Å². The molecule has 1 aromatic heterocycles. The number of methoxy groups -OCH3 is 1. The molecule has 1 saturated heterocycles. The van der Waals surface area contributed by atoms with E-state index in [4.69, 9.17) is 9.47 Å². The van der Waals surface area contributed by atoms with Crippen LogP contribution in [0.15, 0.2) is 78.4 Å². The molecule has 2 heterocycles. The number of esters is 1. The smallest absolute Gasteiger partial charge is 0.350 e. The fourth-order valence-electron chi connectivity index (χ4n) is 4.93. The minimum atomic E-state index is -0.958. The van der Waals surface area contributed by atoms with Crippen LogP contribution in [0.1, 0.15) is 56.1 Å². The van der Waals surface area contributed by atoms with E-state index in [-0.39, 0.29) is 21.3 Å². The van der Waals surface area contributed by atoms with Crippen molar-refractivity contribution in [2.75, 3.05) is 12.0 Å². The first-order chi connectivity index (χ1) is 20.2. The number of aliphatic hydroxyl groups is 1. The predicted octanol–water partition coefficient (Wildman–Crippen LogP) is 6.31. The Kier molecular flexibility index (Phi) is 8.22. The summed E-state index contributed by atoms with van der Waals surface area (Å²) in [6.45, 7) is 5.85. The van der Waals surface area contributed by atoms with Crippen molar-refractivity contribution in [2.24, 2.45) is 0 Å². The summed E-state index contributed by atoms with van der Waals surface area (Å²) in [7, 11) is 1.27. The second-order valence-corrected chi connectivity index (χ2v) is 10.9. The first-order valence-corrected chi connectivity index (χ1v) is 14.3. The number of hydrogen-bond donors (Lipinski definition) is 1. The van der Waals surface area contributed by atoms with E-state index in [1.54, 1.807) is 32.0 Å². The molecule has 0 saturated carbocycles. The van der Waals surface area contributed by atoms with Gasteiger partial charge in [-0.15, -0.1) is 0 Å². The number of carbonyl (C=O) groups excluding carboxylic acids is 3. The zero-order valence-corrected chi connectivity index (χ0v) is 24.5. The molecule has 8 nitrogen and oxygen atoms in total. The largest absolute Gasteiger partial charge is 0.507 e. The third-order valence-electron chi connectivity index (χ3n) is 7.21. The number of nitrogens with zero attached hydrogens (tertiary/aromatic N) is 2. The quantitative estimate of drug-likeness (QED) is 0.112. The molecule has 42 heavy (non-hydrogen) atoms. The van der Waals surface area contributed by atoms with E-state index in [0.717, 1.165) is 28.9 Å². The lowest BCUT2D eigenvalue weighted by Gasteiger charge is -2.23. The number of aliphatic hydroxyl groups excluding tert-OH is 1. The Labute approximate surface area is 247 Å². The minimum Gasteiger partial charge on any atom is -0.507 e. The predicted molar refractivity (Wildman–Crippen MR) is 161 cm³/mol. The number of aryl methyl sites for hydroxylation is 3. The van der Waals surface area contributed by atoms with E-state index in [2.05, 4.69) is 4.98 Å². The van der Waals surface area contributed by atoms with Gasteiger partial charge in [0.1, 0.15) is 23.0 Å². The molecule has 3 aromatic carbocycles. The lowest BCUT2D eigenvalue weighted by Crippen LogP contribution is -2.29. The van der Waals surface area contributed by atoms with Gasteiger partial charge >= 0.3 is 11.9 Å². The van der Waals surface area contributed by atoms with Crippen molar-refractivity contribution >= 4 is 39.9 Å². The van der Waals surface area contributed by atoms with Gasteiger partial charge in [0.25, 0.3) is 5.78 Å². The van der Waals surface area contributed by atoms with Gasteiger partial charge in [0.15, 0.2) is 5.13 Å². The van der Waals surface area contributed by atoms with Gasteiger partial charge in [0.05, 0.1) is 24.4 Å². The van der Waals surface area contributed by atoms with E-state index in [1.807, 2.05) is 61.5 Å². The summed E-state index contributed by atoms with van der Waals surface area (Å²) in [4.78, 5) is 45.4. The van der Waals surface area contributed by atoms with Crippen molar-refractivity contribution in [3.63, 3.8) is 0 Å². The van der Waals surface area contributed by atoms with Crippen molar-refractivity contribution in [3.05, 3.63) is 117 Å². The summed E-state index contributed by atoms with van der Waals surface area (Å²) in [6.07, 6.45) is 0.812. The maximum atomic E-state index is 13.6. The van der Waals surface area contributed by atoms with Crippen molar-refractivity contribution in [2.45, 2.75) is 39.8 Å². The Balaban J connectivity index is 1.58.